The molecule has 0 aliphatic carbocycles. The van der Waals surface area contributed by atoms with Gasteiger partial charge in [-0.15, -0.1) is 34.4 Å². The molecule has 208 valence electrons. The Morgan fingerprint density at radius 1 is 1.05 bits per heavy atom. The largest absolute Gasteiger partial charge is 0.448 e. The van der Waals surface area contributed by atoms with Crippen molar-refractivity contribution in [1.29, 1.82) is 0 Å². The van der Waals surface area contributed by atoms with E-state index in [4.69, 9.17) is 4.74 Å². The first kappa shape index (κ1) is 27.8. The summed E-state index contributed by atoms with van der Waals surface area (Å²) >= 11 is 5.96. The van der Waals surface area contributed by atoms with E-state index >= 15 is 0 Å². The van der Waals surface area contributed by atoms with Gasteiger partial charge in [-0.25, -0.2) is 9.78 Å². The lowest BCUT2D eigenvalue weighted by Crippen LogP contribution is -2.71. The highest BCUT2D eigenvalue weighted by Gasteiger charge is 2.57. The van der Waals surface area contributed by atoms with Crippen molar-refractivity contribution in [2.24, 2.45) is 0 Å². The zero-order valence-corrected chi connectivity index (χ0v) is 25.4. The van der Waals surface area contributed by atoms with Gasteiger partial charge in [0.2, 0.25) is 5.91 Å². The molecule has 11 heteroatoms. The number of rotatable bonds is 8. The van der Waals surface area contributed by atoms with Gasteiger partial charge in [0.15, 0.2) is 6.10 Å². The first-order valence-corrected chi connectivity index (χ1v) is 16.8. The predicted octanol–water partition coefficient (Wildman–Crippen LogP) is 6.31. The molecule has 0 radical (unpaired) electrons. The lowest BCUT2D eigenvalue weighted by molar-refractivity contribution is -0.153. The van der Waals surface area contributed by atoms with Crippen LogP contribution in [0.2, 0.25) is 0 Å². The third-order valence-electron chi connectivity index (χ3n) is 6.88. The smallest absolute Gasteiger partial charge is 0.356 e. The van der Waals surface area contributed by atoms with Crippen molar-refractivity contribution in [2.45, 2.75) is 28.8 Å². The van der Waals surface area contributed by atoms with Crippen LogP contribution in [0.1, 0.15) is 29.0 Å². The standard InChI is InChI=1S/C30H25N3O4S4/c1-18(34)32(23-14-9-15-39-23)25-27(35)33-24(21(17-40-28(25)33)22-16-31-30(38-2)41-22)29(36)37-26(19-10-5-3-6-11-19)20-12-7-4-8-13-20/h3-16,25-26,28H,17H2,1-2H3. The van der Waals surface area contributed by atoms with Crippen LogP contribution in [0.25, 0.3) is 5.57 Å². The number of hydrogen-bond donors (Lipinski definition) is 0. The summed E-state index contributed by atoms with van der Waals surface area (Å²) in [5.41, 5.74) is 2.59. The van der Waals surface area contributed by atoms with Crippen LogP contribution in [-0.4, -0.2) is 51.1 Å². The van der Waals surface area contributed by atoms with E-state index in [1.165, 1.54) is 46.3 Å². The van der Waals surface area contributed by atoms with Gasteiger partial charge in [-0.1, -0.05) is 72.4 Å². The summed E-state index contributed by atoms with van der Waals surface area (Å²) in [6, 6.07) is 22.1. The number of thiophene rings is 1. The molecule has 6 rings (SSSR count). The number of carbonyl (C=O) groups is 3. The second-order valence-corrected chi connectivity index (χ2v) is 13.4. The molecule has 2 atom stereocenters. The van der Waals surface area contributed by atoms with Crippen LogP contribution in [-0.2, 0) is 19.1 Å². The summed E-state index contributed by atoms with van der Waals surface area (Å²) in [7, 11) is 0. The second-order valence-electron chi connectivity index (χ2n) is 9.32. The molecule has 2 aliphatic rings. The Morgan fingerprint density at radius 2 is 1.73 bits per heavy atom. The summed E-state index contributed by atoms with van der Waals surface area (Å²) in [5, 5.41) is 2.16. The number of β-lactam (4-membered cyclic amide) rings is 1. The molecule has 4 heterocycles. The lowest BCUT2D eigenvalue weighted by atomic mass is 9.99. The van der Waals surface area contributed by atoms with E-state index in [1.54, 1.807) is 22.9 Å². The minimum absolute atomic E-state index is 0.217. The first-order chi connectivity index (χ1) is 20.0. The highest BCUT2D eigenvalue weighted by molar-refractivity contribution is 8.00. The summed E-state index contributed by atoms with van der Waals surface area (Å²) in [6.45, 7) is 1.46. The fourth-order valence-electron chi connectivity index (χ4n) is 5.02. The lowest BCUT2D eigenvalue weighted by Gasteiger charge is -2.52. The molecule has 2 aromatic carbocycles. The van der Waals surface area contributed by atoms with E-state index in [1.807, 2.05) is 84.4 Å². The predicted molar refractivity (Wildman–Crippen MR) is 166 cm³/mol. The molecule has 0 saturated carbocycles. The van der Waals surface area contributed by atoms with E-state index in [9.17, 15) is 14.4 Å². The molecule has 0 spiro atoms. The van der Waals surface area contributed by atoms with E-state index in [0.29, 0.717) is 16.3 Å². The maximum Gasteiger partial charge on any atom is 0.356 e. The van der Waals surface area contributed by atoms with Crippen LogP contribution in [0.5, 0.6) is 0 Å². The number of thioether (sulfide) groups is 2. The van der Waals surface area contributed by atoms with Crippen LogP contribution in [0, 0.1) is 0 Å². The van der Waals surface area contributed by atoms with Gasteiger partial charge in [0.05, 0.1) is 9.88 Å². The Bertz CT molecular complexity index is 1570. The number of fused-ring (bicyclic) bond motifs is 1. The molecule has 2 aliphatic heterocycles. The Labute approximate surface area is 254 Å². The fraction of sp³-hybridized carbons (Fsp3) is 0.200. The maximum absolute atomic E-state index is 14.2. The van der Waals surface area contributed by atoms with Crippen LogP contribution < -0.4 is 4.90 Å². The number of anilines is 1. The molecule has 7 nitrogen and oxygen atoms in total. The minimum atomic E-state index is -0.706. The van der Waals surface area contributed by atoms with Crippen molar-refractivity contribution in [1.82, 2.24) is 9.88 Å². The maximum atomic E-state index is 14.2. The zero-order valence-electron chi connectivity index (χ0n) is 22.1. The fourth-order valence-corrected chi connectivity index (χ4v) is 8.78. The molecule has 4 aromatic rings. The first-order valence-electron chi connectivity index (χ1n) is 12.8. The third-order valence-corrected chi connectivity index (χ3v) is 11.1. The van der Waals surface area contributed by atoms with Gasteiger partial charge in [0.1, 0.15) is 21.5 Å². The molecule has 2 amide bonds. The monoisotopic (exact) mass is 619 g/mol. The van der Waals surface area contributed by atoms with Gasteiger partial charge in [-0.2, -0.15) is 0 Å². The van der Waals surface area contributed by atoms with Crippen LogP contribution >= 0.6 is 46.2 Å². The number of amides is 2. The minimum Gasteiger partial charge on any atom is -0.448 e. The van der Waals surface area contributed by atoms with Crippen molar-refractivity contribution in [3.63, 3.8) is 0 Å². The van der Waals surface area contributed by atoms with Crippen molar-refractivity contribution in [3.8, 4) is 0 Å². The van der Waals surface area contributed by atoms with Crippen molar-refractivity contribution >= 4 is 74.6 Å². The molecule has 0 bridgehead atoms. The molecule has 1 fully saturated rings. The Morgan fingerprint density at radius 3 is 2.29 bits per heavy atom. The average Bonchev–Trinajstić information content (AvgIpc) is 3.71. The number of aromatic nitrogens is 1. The number of nitrogens with zero attached hydrogens (tertiary/aromatic N) is 3. The van der Waals surface area contributed by atoms with E-state index in [2.05, 4.69) is 4.98 Å². The number of hydrogen-bond acceptors (Lipinski definition) is 9. The highest BCUT2D eigenvalue weighted by Crippen LogP contribution is 2.48. The van der Waals surface area contributed by atoms with Gasteiger partial charge in [-0.05, 0) is 34.9 Å². The summed E-state index contributed by atoms with van der Waals surface area (Å²) < 4.78 is 7.13. The van der Waals surface area contributed by atoms with Crippen LogP contribution in [0.15, 0.2) is 94.4 Å². The SMILES string of the molecule is CSc1ncc(C2=C(C(=O)OC(c3ccccc3)c3ccccc3)N3C(=O)C(N(C(C)=O)c4cccs4)C3SC2)s1. The molecule has 1 saturated heterocycles. The van der Waals surface area contributed by atoms with Crippen LogP contribution in [0.3, 0.4) is 0 Å². The Hall–Kier alpha value is -3.38. The third kappa shape index (κ3) is 5.23. The average molecular weight is 620 g/mol. The quantitative estimate of drug-likeness (QED) is 0.130. The topological polar surface area (TPSA) is 79.8 Å². The number of benzene rings is 2. The molecular formula is C30H25N3O4S4. The van der Waals surface area contributed by atoms with E-state index in [0.717, 1.165) is 20.3 Å². The van der Waals surface area contributed by atoms with Crippen molar-refractivity contribution in [2.75, 3.05) is 16.9 Å². The molecule has 0 N–H and O–H groups in total. The number of esters is 1. The van der Waals surface area contributed by atoms with Gasteiger partial charge >= 0.3 is 5.97 Å². The van der Waals surface area contributed by atoms with Gasteiger partial charge in [0, 0.05) is 24.4 Å². The van der Waals surface area contributed by atoms with E-state index < -0.39 is 23.5 Å². The normalized spacial score (nSPS) is 18.2. The molecular weight excluding hydrogens is 595 g/mol. The summed E-state index contributed by atoms with van der Waals surface area (Å²) in [6.07, 6.45) is 3.04. The Balaban J connectivity index is 1.40. The second kappa shape index (κ2) is 11.8. The van der Waals surface area contributed by atoms with Crippen molar-refractivity contribution in [3.05, 3.63) is 106 Å². The van der Waals surface area contributed by atoms with Gasteiger partial charge in [-0.3, -0.25) is 19.4 Å². The molecule has 2 aromatic heterocycles. The number of thiazole rings is 1. The zero-order chi connectivity index (χ0) is 28.5. The van der Waals surface area contributed by atoms with Crippen LogP contribution in [0.4, 0.5) is 5.00 Å². The summed E-state index contributed by atoms with van der Waals surface area (Å²) in [4.78, 5) is 49.2. The Kier molecular flexibility index (Phi) is 8.03. The number of carbonyl (C=O) groups excluding carboxylic acids is 3. The molecule has 41 heavy (non-hydrogen) atoms. The van der Waals surface area contributed by atoms with Gasteiger partial charge in [0.25, 0.3) is 5.91 Å². The number of ether oxygens (including phenoxy) is 1. The highest BCUT2D eigenvalue weighted by atomic mass is 32.2. The molecule has 2 unspecified atom stereocenters. The van der Waals surface area contributed by atoms with Gasteiger partial charge < -0.3 is 4.74 Å². The van der Waals surface area contributed by atoms with E-state index in [-0.39, 0.29) is 17.5 Å². The summed E-state index contributed by atoms with van der Waals surface area (Å²) in [5.74, 6) is -0.631. The van der Waals surface area contributed by atoms with Crippen molar-refractivity contribution < 1.29 is 19.1 Å².